The monoisotopic (exact) mass is 459 g/mol. The molecule has 3 heterocycles. The second kappa shape index (κ2) is 9.21. The summed E-state index contributed by atoms with van der Waals surface area (Å²) in [7, 11) is 1.87. The third-order valence-corrected chi connectivity index (χ3v) is 5.95. The lowest BCUT2D eigenvalue weighted by Crippen LogP contribution is -2.49. The van der Waals surface area contributed by atoms with Gasteiger partial charge in [0.15, 0.2) is 6.04 Å². The predicted molar refractivity (Wildman–Crippen MR) is 115 cm³/mol. The maximum absolute atomic E-state index is 13.6. The second-order valence-corrected chi connectivity index (χ2v) is 8.09. The summed E-state index contributed by atoms with van der Waals surface area (Å²) in [5, 5.41) is 2.09. The minimum absolute atomic E-state index is 0.117. The van der Waals surface area contributed by atoms with Crippen LogP contribution in [0.2, 0.25) is 0 Å². The first-order valence-electron chi connectivity index (χ1n) is 10.7. The Kier molecular flexibility index (Phi) is 6.35. The fourth-order valence-corrected chi connectivity index (χ4v) is 4.26. The zero-order valence-corrected chi connectivity index (χ0v) is 18.0. The number of amides is 2. The molecule has 2 aromatic heterocycles. The number of halogens is 3. The van der Waals surface area contributed by atoms with Crippen LogP contribution in [-0.4, -0.2) is 50.0 Å². The van der Waals surface area contributed by atoms with Gasteiger partial charge in [0.25, 0.3) is 0 Å². The quantitative estimate of drug-likeness (QED) is 0.614. The van der Waals surface area contributed by atoms with Crippen LogP contribution < -0.4 is 5.32 Å². The number of fused-ring (bicyclic) bond motifs is 1. The molecule has 3 aromatic rings. The molecule has 2 atom stereocenters. The number of hydrogen-bond donors (Lipinski definition) is 1. The Hall–Kier alpha value is -3.43. The molecule has 10 heteroatoms. The highest BCUT2D eigenvalue weighted by Crippen LogP contribution is 2.33. The van der Waals surface area contributed by atoms with Crippen LogP contribution in [0, 0.1) is 0 Å². The predicted octanol–water partition coefficient (Wildman–Crippen LogP) is 3.31. The standard InChI is InChI=1S/C23H24F3N5O2/c1-30-17-8-3-2-7-16(17)28-19(30)10-11-20(32)31-13-5-9-18(31)22(33)29-21(23(24,25)26)15-6-4-12-27-14-15/h2-4,6-8,12,14,18,21H,5,9-11,13H2,1H3,(H,29,33)/t18-,21?/m0/s1. The average Bonchev–Trinajstić information content (AvgIpc) is 3.41. The summed E-state index contributed by atoms with van der Waals surface area (Å²) in [4.78, 5) is 35.3. The Balaban J connectivity index is 1.43. The van der Waals surface area contributed by atoms with Gasteiger partial charge in [-0.05, 0) is 31.0 Å². The van der Waals surface area contributed by atoms with Crippen LogP contribution in [0.4, 0.5) is 13.2 Å². The van der Waals surface area contributed by atoms with Crippen LogP contribution in [0.15, 0.2) is 48.8 Å². The van der Waals surface area contributed by atoms with Crippen molar-refractivity contribution in [2.75, 3.05) is 6.54 Å². The maximum Gasteiger partial charge on any atom is 0.412 e. The number of nitrogens with zero attached hydrogens (tertiary/aromatic N) is 4. The second-order valence-electron chi connectivity index (χ2n) is 8.09. The van der Waals surface area contributed by atoms with Crippen LogP contribution in [0.3, 0.4) is 0 Å². The van der Waals surface area contributed by atoms with Gasteiger partial charge >= 0.3 is 6.18 Å². The third-order valence-electron chi connectivity index (χ3n) is 5.95. The van der Waals surface area contributed by atoms with Crippen LogP contribution in [0.1, 0.15) is 36.7 Å². The van der Waals surface area contributed by atoms with Crippen molar-refractivity contribution in [1.82, 2.24) is 24.8 Å². The summed E-state index contributed by atoms with van der Waals surface area (Å²) in [6.45, 7) is 0.336. The van der Waals surface area contributed by atoms with Gasteiger partial charge in [-0.1, -0.05) is 18.2 Å². The molecule has 0 aliphatic carbocycles. The molecule has 2 amide bonds. The van der Waals surface area contributed by atoms with Crippen molar-refractivity contribution in [2.45, 2.75) is 43.9 Å². The number of carbonyl (C=O) groups is 2. The van der Waals surface area contributed by atoms with Crippen LogP contribution in [0.5, 0.6) is 0 Å². The number of hydrogen-bond acceptors (Lipinski definition) is 4. The van der Waals surface area contributed by atoms with Crippen molar-refractivity contribution in [2.24, 2.45) is 7.05 Å². The van der Waals surface area contributed by atoms with Crippen molar-refractivity contribution in [3.8, 4) is 0 Å². The topological polar surface area (TPSA) is 80.1 Å². The zero-order valence-electron chi connectivity index (χ0n) is 18.0. The Bertz CT molecular complexity index is 1150. The highest BCUT2D eigenvalue weighted by molar-refractivity contribution is 5.88. The summed E-state index contributed by atoms with van der Waals surface area (Å²) >= 11 is 0. The Morgan fingerprint density at radius 2 is 2.00 bits per heavy atom. The van der Waals surface area contributed by atoms with Gasteiger partial charge in [0, 0.05) is 44.4 Å². The molecule has 1 aliphatic heterocycles. The van der Waals surface area contributed by atoms with Gasteiger partial charge in [-0.2, -0.15) is 13.2 Å². The van der Waals surface area contributed by atoms with Crippen molar-refractivity contribution >= 4 is 22.8 Å². The van der Waals surface area contributed by atoms with E-state index in [-0.39, 0.29) is 17.9 Å². The number of para-hydroxylation sites is 2. The first-order chi connectivity index (χ1) is 15.8. The number of alkyl halides is 3. The van der Waals surface area contributed by atoms with Crippen molar-refractivity contribution in [3.63, 3.8) is 0 Å². The van der Waals surface area contributed by atoms with E-state index < -0.39 is 24.2 Å². The Labute approximate surface area is 188 Å². The van der Waals surface area contributed by atoms with Gasteiger partial charge in [-0.25, -0.2) is 4.98 Å². The average molecular weight is 459 g/mol. The first-order valence-corrected chi connectivity index (χ1v) is 10.7. The molecule has 1 N–H and O–H groups in total. The summed E-state index contributed by atoms with van der Waals surface area (Å²) < 4.78 is 42.7. The zero-order chi connectivity index (χ0) is 23.6. The van der Waals surface area contributed by atoms with E-state index in [0.717, 1.165) is 23.1 Å². The van der Waals surface area contributed by atoms with Crippen molar-refractivity contribution in [1.29, 1.82) is 0 Å². The minimum Gasteiger partial charge on any atom is -0.339 e. The van der Waals surface area contributed by atoms with Crippen LogP contribution in [0.25, 0.3) is 11.0 Å². The molecule has 0 radical (unpaired) electrons. The molecule has 1 aromatic carbocycles. The lowest BCUT2D eigenvalue weighted by Gasteiger charge is -2.27. The molecular formula is C23H24F3N5O2. The van der Waals surface area contributed by atoms with E-state index in [0.29, 0.717) is 25.8 Å². The smallest absolute Gasteiger partial charge is 0.339 e. The number of pyridine rings is 1. The normalized spacial score (nSPS) is 17.3. The number of imidazole rings is 1. The van der Waals surface area contributed by atoms with E-state index in [9.17, 15) is 22.8 Å². The summed E-state index contributed by atoms with van der Waals surface area (Å²) in [6.07, 6.45) is -0.886. The van der Waals surface area contributed by atoms with E-state index >= 15 is 0 Å². The molecule has 1 saturated heterocycles. The molecular weight excluding hydrogens is 435 g/mol. The number of nitrogens with one attached hydrogen (secondary N) is 1. The van der Waals surface area contributed by atoms with Crippen LogP contribution >= 0.6 is 0 Å². The Morgan fingerprint density at radius 3 is 2.70 bits per heavy atom. The summed E-state index contributed by atoms with van der Waals surface area (Å²) in [6, 6.07) is 7.15. The van der Waals surface area contributed by atoms with Gasteiger partial charge in [0.2, 0.25) is 11.8 Å². The van der Waals surface area contributed by atoms with E-state index in [1.165, 1.54) is 23.2 Å². The van der Waals surface area contributed by atoms with Gasteiger partial charge in [-0.15, -0.1) is 0 Å². The lowest BCUT2D eigenvalue weighted by atomic mass is 10.1. The minimum atomic E-state index is -4.69. The molecule has 4 rings (SSSR count). The fourth-order valence-electron chi connectivity index (χ4n) is 4.26. The number of benzene rings is 1. The number of carbonyl (C=O) groups excluding carboxylic acids is 2. The van der Waals surface area contributed by atoms with Crippen LogP contribution in [-0.2, 0) is 23.1 Å². The SMILES string of the molecule is Cn1c(CCC(=O)N2CCC[C@H]2C(=O)NC(c2cccnc2)C(F)(F)F)nc2ccccc21. The van der Waals surface area contributed by atoms with E-state index in [2.05, 4.69) is 15.3 Å². The molecule has 0 bridgehead atoms. The number of likely N-dealkylation sites (tertiary alicyclic amines) is 1. The van der Waals surface area contributed by atoms with Crippen molar-refractivity contribution < 1.29 is 22.8 Å². The number of rotatable bonds is 6. The molecule has 1 aliphatic rings. The number of aryl methyl sites for hydroxylation is 2. The largest absolute Gasteiger partial charge is 0.412 e. The first kappa shape index (κ1) is 22.8. The van der Waals surface area contributed by atoms with E-state index in [1.807, 2.05) is 35.9 Å². The molecule has 1 unspecified atom stereocenters. The van der Waals surface area contributed by atoms with Crippen molar-refractivity contribution in [3.05, 3.63) is 60.2 Å². The highest BCUT2D eigenvalue weighted by atomic mass is 19.4. The highest BCUT2D eigenvalue weighted by Gasteiger charge is 2.44. The molecule has 174 valence electrons. The van der Waals surface area contributed by atoms with Gasteiger partial charge < -0.3 is 14.8 Å². The maximum atomic E-state index is 13.6. The Morgan fingerprint density at radius 1 is 1.21 bits per heavy atom. The molecule has 1 fully saturated rings. The summed E-state index contributed by atoms with van der Waals surface area (Å²) in [5.41, 5.74) is 1.62. The lowest BCUT2D eigenvalue weighted by molar-refractivity contribution is -0.165. The molecule has 0 saturated carbocycles. The molecule has 0 spiro atoms. The molecule has 33 heavy (non-hydrogen) atoms. The van der Waals surface area contributed by atoms with Gasteiger partial charge in [0.1, 0.15) is 11.9 Å². The van der Waals surface area contributed by atoms with E-state index in [1.54, 1.807) is 0 Å². The third kappa shape index (κ3) is 4.84. The van der Waals surface area contributed by atoms with Gasteiger partial charge in [-0.3, -0.25) is 14.6 Å². The summed E-state index contributed by atoms with van der Waals surface area (Å²) in [5.74, 6) is -0.349. The molecule has 7 nitrogen and oxygen atoms in total. The fraction of sp³-hybridized carbons (Fsp3) is 0.391. The van der Waals surface area contributed by atoms with Gasteiger partial charge in [0.05, 0.1) is 11.0 Å². The van der Waals surface area contributed by atoms with E-state index in [4.69, 9.17) is 0 Å². The number of aromatic nitrogens is 3.